The van der Waals surface area contributed by atoms with E-state index in [1.54, 1.807) is 6.08 Å². The minimum Gasteiger partial charge on any atom is -0.459 e. The number of allylic oxidation sites excluding steroid dienone is 2. The molecule has 2 rings (SSSR count). The van der Waals surface area contributed by atoms with Crippen LogP contribution in [-0.2, 0) is 11.2 Å². The van der Waals surface area contributed by atoms with Crippen molar-refractivity contribution in [3.8, 4) is 6.07 Å². The van der Waals surface area contributed by atoms with Gasteiger partial charge in [0.2, 0.25) is 0 Å². The summed E-state index contributed by atoms with van der Waals surface area (Å²) in [5, 5.41) is 8.47. The molecule has 0 bridgehead atoms. The van der Waals surface area contributed by atoms with E-state index in [9.17, 15) is 4.79 Å². The Bertz CT molecular complexity index is 575. The molecule has 3 nitrogen and oxygen atoms in total. The molecule has 0 aromatic heterocycles. The molecule has 0 amide bonds. The molecule has 1 aromatic rings. The minimum absolute atomic E-state index is 0.0544. The fourth-order valence-electron chi connectivity index (χ4n) is 3.32. The Morgan fingerprint density at radius 1 is 1.25 bits per heavy atom. The Morgan fingerprint density at radius 3 is 2.58 bits per heavy atom. The monoisotopic (exact) mass is 325 g/mol. The second kappa shape index (κ2) is 9.93. The second-order valence-electron chi connectivity index (χ2n) is 6.60. The lowest BCUT2D eigenvalue weighted by Gasteiger charge is -2.28. The molecule has 0 heterocycles. The Balaban J connectivity index is 1.74. The van der Waals surface area contributed by atoms with Gasteiger partial charge in [0, 0.05) is 6.08 Å². The van der Waals surface area contributed by atoms with Gasteiger partial charge in [-0.1, -0.05) is 31.6 Å². The van der Waals surface area contributed by atoms with Crippen LogP contribution in [0, 0.1) is 17.2 Å². The summed E-state index contributed by atoms with van der Waals surface area (Å²) < 4.78 is 5.67. The molecule has 128 valence electrons. The molecular formula is C21H27NO2. The summed E-state index contributed by atoms with van der Waals surface area (Å²) >= 11 is 0. The third-order valence-corrected chi connectivity index (χ3v) is 4.73. The van der Waals surface area contributed by atoms with E-state index in [0.717, 1.165) is 51.4 Å². The van der Waals surface area contributed by atoms with Crippen LogP contribution in [-0.4, -0.2) is 12.1 Å². The van der Waals surface area contributed by atoms with Gasteiger partial charge < -0.3 is 4.74 Å². The number of hydrogen-bond donors (Lipinski definition) is 0. The minimum atomic E-state index is -0.196. The van der Waals surface area contributed by atoms with Crippen LogP contribution in [0.1, 0.15) is 67.8 Å². The maximum Gasteiger partial charge on any atom is 0.338 e. The average Bonchev–Trinajstić information content (AvgIpc) is 2.61. The van der Waals surface area contributed by atoms with Crippen molar-refractivity contribution in [2.75, 3.05) is 0 Å². The lowest BCUT2D eigenvalue weighted by atomic mass is 9.84. The number of benzene rings is 1. The quantitative estimate of drug-likeness (QED) is 0.510. The fraction of sp³-hybridized carbons (Fsp3) is 0.524. The molecule has 3 heteroatoms. The van der Waals surface area contributed by atoms with Crippen LogP contribution in [0.25, 0.3) is 0 Å². The number of ether oxygens (including phenoxy) is 1. The topological polar surface area (TPSA) is 50.1 Å². The first-order valence-electron chi connectivity index (χ1n) is 9.07. The molecule has 1 aliphatic carbocycles. The van der Waals surface area contributed by atoms with Crippen LogP contribution < -0.4 is 0 Å². The maximum absolute atomic E-state index is 12.2. The molecule has 24 heavy (non-hydrogen) atoms. The first-order valence-corrected chi connectivity index (χ1v) is 9.07. The highest BCUT2D eigenvalue weighted by atomic mass is 16.5. The first-order chi connectivity index (χ1) is 11.7. The highest BCUT2D eigenvalue weighted by Crippen LogP contribution is 2.30. The molecule has 0 unspecified atom stereocenters. The summed E-state index contributed by atoms with van der Waals surface area (Å²) in [6, 6.07) is 9.81. The molecule has 0 radical (unpaired) electrons. The SMILES string of the molecule is CCCc1ccc(C(=O)OC2CCC(CCC=CC#N)CC2)cc1. The van der Waals surface area contributed by atoms with E-state index in [4.69, 9.17) is 10.00 Å². The van der Waals surface area contributed by atoms with Crippen LogP contribution in [0.3, 0.4) is 0 Å². The fourth-order valence-corrected chi connectivity index (χ4v) is 3.32. The van der Waals surface area contributed by atoms with Crippen molar-refractivity contribution < 1.29 is 9.53 Å². The van der Waals surface area contributed by atoms with E-state index >= 15 is 0 Å². The van der Waals surface area contributed by atoms with Crippen LogP contribution >= 0.6 is 0 Å². The second-order valence-corrected chi connectivity index (χ2v) is 6.60. The number of nitriles is 1. The highest BCUT2D eigenvalue weighted by Gasteiger charge is 2.23. The Kier molecular flexibility index (Phi) is 7.55. The maximum atomic E-state index is 12.2. The largest absolute Gasteiger partial charge is 0.459 e. The van der Waals surface area contributed by atoms with E-state index in [2.05, 4.69) is 6.92 Å². The zero-order chi connectivity index (χ0) is 17.2. The highest BCUT2D eigenvalue weighted by molar-refractivity contribution is 5.89. The van der Waals surface area contributed by atoms with Crippen LogP contribution in [0.5, 0.6) is 0 Å². The summed E-state index contributed by atoms with van der Waals surface area (Å²) in [4.78, 5) is 12.2. The number of carbonyl (C=O) groups is 1. The molecule has 1 aliphatic rings. The van der Waals surface area contributed by atoms with E-state index in [0.29, 0.717) is 11.5 Å². The van der Waals surface area contributed by atoms with Gasteiger partial charge in [-0.05, 0) is 68.6 Å². The summed E-state index contributed by atoms with van der Waals surface area (Å²) in [6.45, 7) is 2.15. The van der Waals surface area contributed by atoms with Gasteiger partial charge in [0.25, 0.3) is 0 Å². The molecule has 0 atom stereocenters. The number of rotatable bonds is 7. The normalized spacial score (nSPS) is 20.7. The van der Waals surface area contributed by atoms with Crippen molar-refractivity contribution in [3.63, 3.8) is 0 Å². The smallest absolute Gasteiger partial charge is 0.338 e. The van der Waals surface area contributed by atoms with Gasteiger partial charge in [0.05, 0.1) is 11.6 Å². The zero-order valence-corrected chi connectivity index (χ0v) is 14.5. The Hall–Kier alpha value is -2.08. The van der Waals surface area contributed by atoms with Crippen molar-refractivity contribution in [3.05, 3.63) is 47.5 Å². The van der Waals surface area contributed by atoms with Gasteiger partial charge in [-0.2, -0.15) is 5.26 Å². The molecule has 1 saturated carbocycles. The van der Waals surface area contributed by atoms with Gasteiger partial charge in [0.1, 0.15) is 6.10 Å². The van der Waals surface area contributed by atoms with E-state index < -0.39 is 0 Å². The van der Waals surface area contributed by atoms with Crippen molar-refractivity contribution in [2.45, 2.75) is 64.4 Å². The van der Waals surface area contributed by atoms with Crippen molar-refractivity contribution in [2.24, 2.45) is 5.92 Å². The van der Waals surface area contributed by atoms with Gasteiger partial charge in [-0.25, -0.2) is 4.79 Å². The Morgan fingerprint density at radius 2 is 1.96 bits per heavy atom. The lowest BCUT2D eigenvalue weighted by Crippen LogP contribution is -2.24. The van der Waals surface area contributed by atoms with Gasteiger partial charge in [0.15, 0.2) is 0 Å². The first kappa shape index (κ1) is 18.3. The molecule has 1 aromatic carbocycles. The molecule has 0 aliphatic heterocycles. The van der Waals surface area contributed by atoms with E-state index in [1.165, 1.54) is 5.56 Å². The average molecular weight is 325 g/mol. The number of aryl methyl sites for hydroxylation is 1. The van der Waals surface area contributed by atoms with E-state index in [1.807, 2.05) is 36.4 Å². The van der Waals surface area contributed by atoms with Crippen molar-refractivity contribution in [1.29, 1.82) is 5.26 Å². The zero-order valence-electron chi connectivity index (χ0n) is 14.5. The van der Waals surface area contributed by atoms with Gasteiger partial charge >= 0.3 is 5.97 Å². The number of nitrogens with zero attached hydrogens (tertiary/aromatic N) is 1. The molecule has 1 fully saturated rings. The van der Waals surface area contributed by atoms with Crippen LogP contribution in [0.2, 0.25) is 0 Å². The third kappa shape index (κ3) is 5.85. The van der Waals surface area contributed by atoms with Crippen LogP contribution in [0.4, 0.5) is 0 Å². The molecule has 0 spiro atoms. The van der Waals surface area contributed by atoms with E-state index in [-0.39, 0.29) is 12.1 Å². The summed E-state index contributed by atoms with van der Waals surface area (Å²) in [7, 11) is 0. The summed E-state index contributed by atoms with van der Waals surface area (Å²) in [5.41, 5.74) is 1.92. The lowest BCUT2D eigenvalue weighted by molar-refractivity contribution is 0.0162. The molecular weight excluding hydrogens is 298 g/mol. The van der Waals surface area contributed by atoms with Gasteiger partial charge in [-0.15, -0.1) is 0 Å². The Labute approximate surface area is 145 Å². The predicted molar refractivity (Wildman–Crippen MR) is 95.6 cm³/mol. The van der Waals surface area contributed by atoms with Gasteiger partial charge in [-0.3, -0.25) is 0 Å². The number of carbonyl (C=O) groups excluding carboxylic acids is 1. The number of esters is 1. The standard InChI is InChI=1S/C21H27NO2/c1-2-6-17-8-12-19(13-9-17)21(23)24-20-14-10-18(11-15-20)7-4-3-5-16-22/h3,5,8-9,12-13,18,20H,2,4,6-7,10-11,14-15H2,1H3. The van der Waals surface area contributed by atoms with Crippen molar-refractivity contribution >= 4 is 5.97 Å². The molecule has 0 N–H and O–H groups in total. The molecule has 0 saturated heterocycles. The summed E-state index contributed by atoms with van der Waals surface area (Å²) in [5.74, 6) is 0.495. The predicted octanol–water partition coefficient (Wildman–Crippen LogP) is 5.21. The summed E-state index contributed by atoms with van der Waals surface area (Å²) in [6.07, 6.45) is 11.9. The van der Waals surface area contributed by atoms with Crippen LogP contribution in [0.15, 0.2) is 36.4 Å². The third-order valence-electron chi connectivity index (χ3n) is 4.73. The number of hydrogen-bond acceptors (Lipinski definition) is 3. The van der Waals surface area contributed by atoms with Crippen molar-refractivity contribution in [1.82, 2.24) is 0 Å².